The monoisotopic (exact) mass is 315 g/mol. The highest BCUT2D eigenvalue weighted by Crippen LogP contribution is 2.44. The van der Waals surface area contributed by atoms with E-state index >= 15 is 0 Å². The molecule has 2 aliphatic rings. The number of nitrogens with zero attached hydrogens (tertiary/aromatic N) is 1. The topological polar surface area (TPSA) is 37.4 Å². The lowest BCUT2D eigenvalue weighted by molar-refractivity contribution is -0.128. The highest BCUT2D eigenvalue weighted by atomic mass is 19.2. The molecular formula is C15H13F4NO2. The minimum Gasteiger partial charge on any atom is -0.332 e. The highest BCUT2D eigenvalue weighted by Gasteiger charge is 2.49. The molecule has 22 heavy (non-hydrogen) atoms. The van der Waals surface area contributed by atoms with Crippen LogP contribution >= 0.6 is 0 Å². The Hall–Kier alpha value is -1.92. The van der Waals surface area contributed by atoms with Crippen LogP contribution in [-0.4, -0.2) is 28.7 Å². The van der Waals surface area contributed by atoms with Crippen LogP contribution in [-0.2, 0) is 4.79 Å². The van der Waals surface area contributed by atoms with Crippen LogP contribution in [0.5, 0.6) is 0 Å². The van der Waals surface area contributed by atoms with Crippen molar-refractivity contribution in [1.82, 2.24) is 4.90 Å². The average Bonchev–Trinajstić information content (AvgIpc) is 2.46. The maximum Gasteiger partial charge on any atom is 0.257 e. The van der Waals surface area contributed by atoms with Crippen molar-refractivity contribution in [2.24, 2.45) is 0 Å². The van der Waals surface area contributed by atoms with Gasteiger partial charge in [-0.05, 0) is 25.3 Å². The number of benzene rings is 1. The summed E-state index contributed by atoms with van der Waals surface area (Å²) in [5, 5.41) is 0. The fourth-order valence-electron chi connectivity index (χ4n) is 3.25. The molecule has 2 fully saturated rings. The summed E-state index contributed by atoms with van der Waals surface area (Å²) in [5.41, 5.74) is -1.52. The summed E-state index contributed by atoms with van der Waals surface area (Å²) in [4.78, 5) is 25.4. The van der Waals surface area contributed by atoms with Gasteiger partial charge in [0.2, 0.25) is 0 Å². The van der Waals surface area contributed by atoms with Crippen molar-refractivity contribution in [3.63, 3.8) is 0 Å². The predicted octanol–water partition coefficient (Wildman–Crippen LogP) is 2.97. The second-order valence-corrected chi connectivity index (χ2v) is 5.85. The number of hydrogen-bond acceptors (Lipinski definition) is 2. The second kappa shape index (κ2) is 5.07. The van der Waals surface area contributed by atoms with Crippen LogP contribution in [0.2, 0.25) is 0 Å². The summed E-state index contributed by atoms with van der Waals surface area (Å²) in [7, 11) is 0. The molecule has 0 radical (unpaired) electrons. The van der Waals surface area contributed by atoms with E-state index in [4.69, 9.17) is 0 Å². The zero-order chi connectivity index (χ0) is 16.1. The molecule has 1 amide bonds. The lowest BCUT2D eigenvalue weighted by atomic mass is 9.69. The largest absolute Gasteiger partial charge is 0.332 e. The Balaban J connectivity index is 1.99. The smallest absolute Gasteiger partial charge is 0.257 e. The molecule has 1 aromatic carbocycles. The number of piperidine rings is 1. The Morgan fingerprint density at radius 2 is 1.77 bits per heavy atom. The number of amides is 1. The van der Waals surface area contributed by atoms with Crippen molar-refractivity contribution in [2.45, 2.75) is 37.6 Å². The molecule has 1 aliphatic heterocycles. The molecule has 3 nitrogen and oxygen atoms in total. The lowest BCUT2D eigenvalue weighted by Gasteiger charge is -2.52. The molecule has 0 atom stereocenters. The maximum absolute atomic E-state index is 13.8. The van der Waals surface area contributed by atoms with E-state index in [-0.39, 0.29) is 25.2 Å². The van der Waals surface area contributed by atoms with Gasteiger partial charge in [-0.2, -0.15) is 0 Å². The van der Waals surface area contributed by atoms with Gasteiger partial charge in [0.05, 0.1) is 11.1 Å². The SMILES string of the molecule is O=C1CCN(C(=O)c2cc(F)c(F)c(F)c2F)C2(CCC2)C1. The summed E-state index contributed by atoms with van der Waals surface area (Å²) in [6, 6.07) is 0.374. The Morgan fingerprint density at radius 3 is 2.36 bits per heavy atom. The van der Waals surface area contributed by atoms with E-state index in [9.17, 15) is 27.2 Å². The summed E-state index contributed by atoms with van der Waals surface area (Å²) < 4.78 is 53.4. The first-order chi connectivity index (χ1) is 10.4. The van der Waals surface area contributed by atoms with E-state index in [1.165, 1.54) is 4.90 Å². The first-order valence-corrected chi connectivity index (χ1v) is 7.02. The van der Waals surface area contributed by atoms with E-state index in [2.05, 4.69) is 0 Å². The molecule has 0 unspecified atom stereocenters. The first kappa shape index (κ1) is 15.0. The van der Waals surface area contributed by atoms with Gasteiger partial charge in [-0.25, -0.2) is 17.6 Å². The van der Waals surface area contributed by atoms with Crippen LogP contribution in [0.1, 0.15) is 42.5 Å². The van der Waals surface area contributed by atoms with E-state index < -0.39 is 40.3 Å². The van der Waals surface area contributed by atoms with Crippen LogP contribution in [0, 0.1) is 23.3 Å². The molecule has 3 rings (SSSR count). The number of carbonyl (C=O) groups excluding carboxylic acids is 2. The van der Waals surface area contributed by atoms with Gasteiger partial charge in [0, 0.05) is 19.4 Å². The number of likely N-dealkylation sites (tertiary alicyclic amines) is 1. The zero-order valence-electron chi connectivity index (χ0n) is 11.6. The van der Waals surface area contributed by atoms with E-state index in [0.717, 1.165) is 6.42 Å². The number of rotatable bonds is 1. The molecule has 1 saturated heterocycles. The molecular weight excluding hydrogens is 302 g/mol. The van der Waals surface area contributed by atoms with Gasteiger partial charge >= 0.3 is 0 Å². The standard InChI is InChI=1S/C15H13F4NO2/c16-10-6-9(11(17)13(19)12(10)18)14(22)20-5-2-8(21)7-15(20)3-1-4-15/h6H,1-5,7H2. The van der Waals surface area contributed by atoms with Crippen LogP contribution in [0.25, 0.3) is 0 Å². The van der Waals surface area contributed by atoms with Crippen molar-refractivity contribution in [2.75, 3.05) is 6.54 Å². The third kappa shape index (κ3) is 2.10. The molecule has 1 spiro atoms. The highest BCUT2D eigenvalue weighted by molar-refractivity contribution is 5.96. The minimum atomic E-state index is -2.00. The average molecular weight is 315 g/mol. The summed E-state index contributed by atoms with van der Waals surface area (Å²) in [5.74, 6) is -8.14. The summed E-state index contributed by atoms with van der Waals surface area (Å²) >= 11 is 0. The Labute approximate surface area is 123 Å². The van der Waals surface area contributed by atoms with Crippen molar-refractivity contribution >= 4 is 11.7 Å². The van der Waals surface area contributed by atoms with Crippen molar-refractivity contribution in [3.05, 3.63) is 34.9 Å². The number of carbonyl (C=O) groups is 2. The van der Waals surface area contributed by atoms with Gasteiger partial charge in [-0.15, -0.1) is 0 Å². The number of hydrogen-bond donors (Lipinski definition) is 0. The normalized spacial score (nSPS) is 20.2. The quantitative estimate of drug-likeness (QED) is 0.454. The van der Waals surface area contributed by atoms with Gasteiger partial charge in [0.15, 0.2) is 23.3 Å². The molecule has 1 aliphatic carbocycles. The minimum absolute atomic E-state index is 0.0145. The molecule has 118 valence electrons. The Morgan fingerprint density at radius 1 is 1.09 bits per heavy atom. The fourth-order valence-corrected chi connectivity index (χ4v) is 3.25. The molecule has 7 heteroatoms. The first-order valence-electron chi connectivity index (χ1n) is 7.02. The van der Waals surface area contributed by atoms with Crippen LogP contribution < -0.4 is 0 Å². The van der Waals surface area contributed by atoms with Gasteiger partial charge in [0.1, 0.15) is 5.78 Å². The van der Waals surface area contributed by atoms with Crippen LogP contribution in [0.15, 0.2) is 6.07 Å². The zero-order valence-corrected chi connectivity index (χ0v) is 11.6. The molecule has 1 saturated carbocycles. The van der Waals surface area contributed by atoms with Crippen molar-refractivity contribution in [1.29, 1.82) is 0 Å². The Bertz CT molecular complexity index is 670. The predicted molar refractivity (Wildman–Crippen MR) is 68.1 cm³/mol. The van der Waals surface area contributed by atoms with Crippen molar-refractivity contribution < 1.29 is 27.2 Å². The Kier molecular flexibility index (Phi) is 3.45. The van der Waals surface area contributed by atoms with E-state index in [1.807, 2.05) is 0 Å². The van der Waals surface area contributed by atoms with Gasteiger partial charge in [-0.3, -0.25) is 9.59 Å². The molecule has 1 aromatic rings. The molecule has 0 bridgehead atoms. The maximum atomic E-state index is 13.8. The third-order valence-electron chi connectivity index (χ3n) is 4.58. The number of halogens is 4. The molecule has 0 aromatic heterocycles. The van der Waals surface area contributed by atoms with E-state index in [0.29, 0.717) is 18.9 Å². The lowest BCUT2D eigenvalue weighted by Crippen LogP contribution is -2.60. The van der Waals surface area contributed by atoms with E-state index in [1.54, 1.807) is 0 Å². The number of Topliss-reactive ketones (excluding diaryl/α,β-unsaturated/α-hetero) is 1. The molecule has 1 heterocycles. The third-order valence-corrected chi connectivity index (χ3v) is 4.58. The van der Waals surface area contributed by atoms with Gasteiger partial charge < -0.3 is 4.90 Å². The molecule has 0 N–H and O–H groups in total. The summed E-state index contributed by atoms with van der Waals surface area (Å²) in [6.45, 7) is 0.0811. The second-order valence-electron chi connectivity index (χ2n) is 5.85. The fraction of sp³-hybridized carbons (Fsp3) is 0.467. The van der Waals surface area contributed by atoms with Crippen LogP contribution in [0.3, 0.4) is 0 Å². The van der Waals surface area contributed by atoms with Gasteiger partial charge in [-0.1, -0.05) is 0 Å². The van der Waals surface area contributed by atoms with Crippen LogP contribution in [0.4, 0.5) is 17.6 Å². The van der Waals surface area contributed by atoms with Gasteiger partial charge in [0.25, 0.3) is 5.91 Å². The van der Waals surface area contributed by atoms with Crippen molar-refractivity contribution in [3.8, 4) is 0 Å². The summed E-state index contributed by atoms with van der Waals surface area (Å²) in [6.07, 6.45) is 2.32. The number of ketones is 1.